The molecule has 6 nitrogen and oxygen atoms in total. The van der Waals surface area contributed by atoms with E-state index >= 15 is 0 Å². The van der Waals surface area contributed by atoms with Crippen LogP contribution in [0.15, 0.2) is 23.2 Å². The summed E-state index contributed by atoms with van der Waals surface area (Å²) in [7, 11) is -3.44. The number of hydrogen-bond donors (Lipinski definition) is 2. The molecule has 2 heterocycles. The van der Waals surface area contributed by atoms with Crippen molar-refractivity contribution in [1.82, 2.24) is 9.29 Å². The molecular weight excluding hydrogens is 264 g/mol. The van der Waals surface area contributed by atoms with E-state index in [4.69, 9.17) is 5.84 Å². The maximum absolute atomic E-state index is 12.5. The van der Waals surface area contributed by atoms with E-state index in [1.54, 1.807) is 4.31 Å². The molecule has 0 bridgehead atoms. The smallest absolute Gasteiger partial charge is 0.243 e. The predicted molar refractivity (Wildman–Crippen MR) is 73.8 cm³/mol. The first-order chi connectivity index (χ1) is 8.95. The number of hydrazine groups is 1. The summed E-state index contributed by atoms with van der Waals surface area (Å²) in [5.41, 5.74) is 2.36. The maximum atomic E-state index is 12.5. The molecule has 1 aliphatic rings. The second-order valence-corrected chi connectivity index (χ2v) is 7.11. The Hall–Kier alpha value is -1.18. The minimum Gasteiger partial charge on any atom is -0.308 e. The first kappa shape index (κ1) is 14.2. The Morgan fingerprint density at radius 1 is 1.53 bits per heavy atom. The van der Waals surface area contributed by atoms with Crippen LogP contribution in [-0.4, -0.2) is 30.8 Å². The third-order valence-electron chi connectivity index (χ3n) is 3.65. The highest BCUT2D eigenvalue weighted by molar-refractivity contribution is 7.89. The zero-order valence-corrected chi connectivity index (χ0v) is 12.0. The number of hydrogen-bond acceptors (Lipinski definition) is 5. The predicted octanol–water partition coefficient (Wildman–Crippen LogP) is 1.03. The van der Waals surface area contributed by atoms with Crippen molar-refractivity contribution >= 4 is 15.8 Å². The normalized spacial score (nSPS) is 20.9. The van der Waals surface area contributed by atoms with Gasteiger partial charge in [0.2, 0.25) is 10.0 Å². The van der Waals surface area contributed by atoms with Crippen LogP contribution in [0.4, 0.5) is 5.82 Å². The number of nitrogens with zero attached hydrogens (tertiary/aromatic N) is 2. The molecule has 7 heteroatoms. The molecule has 19 heavy (non-hydrogen) atoms. The van der Waals surface area contributed by atoms with Gasteiger partial charge in [-0.05, 0) is 24.3 Å². The summed E-state index contributed by atoms with van der Waals surface area (Å²) in [6, 6.07) is 2.96. The Balaban J connectivity index is 2.23. The van der Waals surface area contributed by atoms with Crippen molar-refractivity contribution in [3.63, 3.8) is 0 Å². The van der Waals surface area contributed by atoms with Crippen LogP contribution in [0, 0.1) is 11.8 Å². The van der Waals surface area contributed by atoms with Gasteiger partial charge in [0.15, 0.2) is 0 Å². The quantitative estimate of drug-likeness (QED) is 0.637. The summed E-state index contributed by atoms with van der Waals surface area (Å²) in [6.45, 7) is 5.43. The lowest BCUT2D eigenvalue weighted by molar-refractivity contribution is 0.388. The fourth-order valence-corrected chi connectivity index (χ4v) is 3.84. The van der Waals surface area contributed by atoms with Crippen LogP contribution in [0.25, 0.3) is 0 Å². The Bertz CT molecular complexity index is 544. The van der Waals surface area contributed by atoms with E-state index in [0.717, 1.165) is 6.42 Å². The van der Waals surface area contributed by atoms with Gasteiger partial charge in [-0.3, -0.25) is 0 Å². The highest BCUT2D eigenvalue weighted by atomic mass is 32.2. The first-order valence-corrected chi connectivity index (χ1v) is 7.82. The third-order valence-corrected chi connectivity index (χ3v) is 5.51. The summed E-state index contributed by atoms with van der Waals surface area (Å²) in [5, 5.41) is 0. The summed E-state index contributed by atoms with van der Waals surface area (Å²) >= 11 is 0. The van der Waals surface area contributed by atoms with Crippen molar-refractivity contribution in [2.45, 2.75) is 25.2 Å². The van der Waals surface area contributed by atoms with Crippen molar-refractivity contribution in [3.8, 4) is 0 Å². The average molecular weight is 284 g/mol. The molecule has 3 N–H and O–H groups in total. The van der Waals surface area contributed by atoms with E-state index in [0.29, 0.717) is 30.7 Å². The Morgan fingerprint density at radius 3 is 2.84 bits per heavy atom. The molecule has 1 atom stereocenters. The van der Waals surface area contributed by atoms with E-state index in [-0.39, 0.29) is 4.90 Å². The molecule has 106 valence electrons. The zero-order valence-electron chi connectivity index (χ0n) is 11.2. The van der Waals surface area contributed by atoms with Gasteiger partial charge in [0, 0.05) is 25.4 Å². The van der Waals surface area contributed by atoms with E-state index in [1.165, 1.54) is 18.3 Å². The monoisotopic (exact) mass is 284 g/mol. The van der Waals surface area contributed by atoms with Crippen LogP contribution in [0.3, 0.4) is 0 Å². The molecule has 1 unspecified atom stereocenters. The molecule has 0 radical (unpaired) electrons. The van der Waals surface area contributed by atoms with Crippen LogP contribution in [0.2, 0.25) is 0 Å². The first-order valence-electron chi connectivity index (χ1n) is 6.38. The van der Waals surface area contributed by atoms with Gasteiger partial charge in [-0.25, -0.2) is 19.2 Å². The number of nitrogens with one attached hydrogen (secondary N) is 1. The standard InChI is InChI=1S/C12H20N4O2S/c1-9(2)10-4-6-16(8-10)19(17,18)11-3-5-14-12(7-11)15-13/h3,5,7,9-10H,4,6,8,13H2,1-2H3,(H,14,15). The zero-order chi connectivity index (χ0) is 14.0. The molecule has 1 aromatic heterocycles. The van der Waals surface area contributed by atoms with Gasteiger partial charge in [-0.2, -0.15) is 4.31 Å². The van der Waals surface area contributed by atoms with Crippen LogP contribution in [-0.2, 0) is 10.0 Å². The van der Waals surface area contributed by atoms with Crippen molar-refractivity contribution in [2.24, 2.45) is 17.7 Å². The Kier molecular flexibility index (Phi) is 4.07. The van der Waals surface area contributed by atoms with Gasteiger partial charge < -0.3 is 5.43 Å². The summed E-state index contributed by atoms with van der Waals surface area (Å²) in [5.74, 6) is 6.54. The van der Waals surface area contributed by atoms with E-state index < -0.39 is 10.0 Å². The van der Waals surface area contributed by atoms with E-state index in [1.807, 2.05) is 0 Å². The van der Waals surface area contributed by atoms with Crippen molar-refractivity contribution in [3.05, 3.63) is 18.3 Å². The van der Waals surface area contributed by atoms with Crippen molar-refractivity contribution < 1.29 is 8.42 Å². The Labute approximate surface area is 114 Å². The Morgan fingerprint density at radius 2 is 2.26 bits per heavy atom. The molecule has 1 saturated heterocycles. The second-order valence-electron chi connectivity index (χ2n) is 5.18. The summed E-state index contributed by atoms with van der Waals surface area (Å²) in [6.07, 6.45) is 2.36. The largest absolute Gasteiger partial charge is 0.308 e. The minimum absolute atomic E-state index is 0.236. The van der Waals surface area contributed by atoms with Crippen LogP contribution in [0.1, 0.15) is 20.3 Å². The molecule has 1 aliphatic heterocycles. The van der Waals surface area contributed by atoms with Gasteiger partial charge in [0.05, 0.1) is 4.90 Å². The lowest BCUT2D eigenvalue weighted by Gasteiger charge is -2.18. The molecule has 2 rings (SSSR count). The van der Waals surface area contributed by atoms with Gasteiger partial charge in [0.1, 0.15) is 5.82 Å². The van der Waals surface area contributed by atoms with Crippen LogP contribution < -0.4 is 11.3 Å². The van der Waals surface area contributed by atoms with Crippen LogP contribution in [0.5, 0.6) is 0 Å². The van der Waals surface area contributed by atoms with Gasteiger partial charge in [-0.15, -0.1) is 0 Å². The molecule has 0 spiro atoms. The number of nitrogen functional groups attached to an aromatic ring is 1. The summed E-state index contributed by atoms with van der Waals surface area (Å²) in [4.78, 5) is 4.16. The molecular formula is C12H20N4O2S. The molecule has 0 saturated carbocycles. The molecule has 1 fully saturated rings. The third kappa shape index (κ3) is 2.88. The lowest BCUT2D eigenvalue weighted by Crippen LogP contribution is -2.29. The topological polar surface area (TPSA) is 88.3 Å². The number of anilines is 1. The molecule has 1 aromatic rings. The maximum Gasteiger partial charge on any atom is 0.243 e. The van der Waals surface area contributed by atoms with E-state index in [2.05, 4.69) is 24.3 Å². The number of rotatable bonds is 4. The van der Waals surface area contributed by atoms with Gasteiger partial charge in [-0.1, -0.05) is 13.8 Å². The number of pyridine rings is 1. The number of aromatic nitrogens is 1. The fraction of sp³-hybridized carbons (Fsp3) is 0.583. The summed E-state index contributed by atoms with van der Waals surface area (Å²) < 4.78 is 26.5. The molecule has 0 aliphatic carbocycles. The SMILES string of the molecule is CC(C)C1CCN(S(=O)(=O)c2ccnc(NN)c2)C1. The van der Waals surface area contributed by atoms with Gasteiger partial charge >= 0.3 is 0 Å². The second kappa shape index (κ2) is 5.44. The van der Waals surface area contributed by atoms with Crippen LogP contribution >= 0.6 is 0 Å². The number of sulfonamides is 1. The van der Waals surface area contributed by atoms with Crippen molar-refractivity contribution in [1.29, 1.82) is 0 Å². The lowest BCUT2D eigenvalue weighted by atomic mass is 9.96. The van der Waals surface area contributed by atoms with E-state index in [9.17, 15) is 8.42 Å². The molecule has 0 aromatic carbocycles. The molecule has 0 amide bonds. The number of nitrogens with two attached hydrogens (primary N) is 1. The van der Waals surface area contributed by atoms with Crippen molar-refractivity contribution in [2.75, 3.05) is 18.5 Å². The van der Waals surface area contributed by atoms with Gasteiger partial charge in [0.25, 0.3) is 0 Å². The fourth-order valence-electron chi connectivity index (χ4n) is 2.32. The highest BCUT2D eigenvalue weighted by Gasteiger charge is 2.33. The minimum atomic E-state index is -3.44. The highest BCUT2D eigenvalue weighted by Crippen LogP contribution is 2.28. The average Bonchev–Trinajstić information content (AvgIpc) is 2.89.